The van der Waals surface area contributed by atoms with Crippen molar-refractivity contribution in [2.45, 2.75) is 13.0 Å². The molecule has 0 spiro atoms. The number of rotatable bonds is 7. The summed E-state index contributed by atoms with van der Waals surface area (Å²) in [5.41, 5.74) is 0.629. The molecule has 104 valence electrons. The molecule has 19 heavy (non-hydrogen) atoms. The monoisotopic (exact) mass is 263 g/mol. The van der Waals surface area contributed by atoms with Gasteiger partial charge in [-0.1, -0.05) is 6.07 Å². The predicted molar refractivity (Wildman–Crippen MR) is 75.5 cm³/mol. The van der Waals surface area contributed by atoms with Gasteiger partial charge in [0.1, 0.15) is 0 Å². The van der Waals surface area contributed by atoms with Gasteiger partial charge >= 0.3 is 5.69 Å². The average molecular weight is 263 g/mol. The smallest absolute Gasteiger partial charge is 0.320 e. The van der Waals surface area contributed by atoms with E-state index in [0.29, 0.717) is 12.2 Å². The van der Waals surface area contributed by atoms with E-state index in [4.69, 9.17) is 0 Å². The molecular formula is C13H21N5O. The molecule has 0 amide bonds. The van der Waals surface area contributed by atoms with E-state index in [1.165, 1.54) is 4.68 Å². The minimum absolute atomic E-state index is 0.0702. The van der Waals surface area contributed by atoms with Crippen molar-refractivity contribution in [2.24, 2.45) is 0 Å². The van der Waals surface area contributed by atoms with Gasteiger partial charge in [-0.15, -0.1) is 5.10 Å². The third-order valence-corrected chi connectivity index (χ3v) is 3.15. The van der Waals surface area contributed by atoms with Crippen LogP contribution in [0.3, 0.4) is 0 Å². The van der Waals surface area contributed by atoms with Gasteiger partial charge in [-0.05, 0) is 45.7 Å². The molecule has 0 saturated heterocycles. The highest BCUT2D eigenvalue weighted by Gasteiger charge is 2.06. The standard InChI is InChI=1S/C13H21N5O/c1-14-7-5-8-16(2)10-11-18-13(19)17-9-4-3-6-12(17)15-18/h3-4,6,9,14H,5,7-8,10-11H2,1-2H3. The fourth-order valence-electron chi connectivity index (χ4n) is 2.02. The number of nitrogens with one attached hydrogen (secondary N) is 1. The second-order valence-electron chi connectivity index (χ2n) is 4.69. The van der Waals surface area contributed by atoms with E-state index in [9.17, 15) is 4.79 Å². The molecule has 0 bridgehead atoms. The van der Waals surface area contributed by atoms with Crippen molar-refractivity contribution < 1.29 is 0 Å². The minimum Gasteiger partial charge on any atom is -0.320 e. The maximum Gasteiger partial charge on any atom is 0.350 e. The van der Waals surface area contributed by atoms with Crippen LogP contribution in [0.4, 0.5) is 0 Å². The van der Waals surface area contributed by atoms with Crippen LogP contribution in [0.1, 0.15) is 6.42 Å². The number of pyridine rings is 1. The first-order chi connectivity index (χ1) is 9.22. The van der Waals surface area contributed by atoms with Gasteiger partial charge in [-0.25, -0.2) is 9.48 Å². The first-order valence-corrected chi connectivity index (χ1v) is 6.59. The molecule has 2 aromatic rings. The van der Waals surface area contributed by atoms with Crippen molar-refractivity contribution in [3.05, 3.63) is 34.9 Å². The Bertz CT molecular complexity index is 574. The zero-order valence-electron chi connectivity index (χ0n) is 11.5. The third-order valence-electron chi connectivity index (χ3n) is 3.15. The zero-order valence-corrected chi connectivity index (χ0v) is 11.5. The zero-order chi connectivity index (χ0) is 13.7. The van der Waals surface area contributed by atoms with Gasteiger partial charge in [0.2, 0.25) is 0 Å². The van der Waals surface area contributed by atoms with Crippen molar-refractivity contribution in [1.82, 2.24) is 24.4 Å². The summed E-state index contributed by atoms with van der Waals surface area (Å²) in [6.07, 6.45) is 2.85. The molecule has 2 aromatic heterocycles. The Kier molecular flexibility index (Phi) is 4.70. The normalized spacial score (nSPS) is 11.5. The average Bonchev–Trinajstić information content (AvgIpc) is 2.74. The van der Waals surface area contributed by atoms with Crippen molar-refractivity contribution in [3.8, 4) is 0 Å². The third kappa shape index (κ3) is 3.42. The number of fused-ring (bicyclic) bond motifs is 1. The van der Waals surface area contributed by atoms with Crippen LogP contribution in [-0.4, -0.2) is 52.8 Å². The van der Waals surface area contributed by atoms with Gasteiger partial charge in [-0.2, -0.15) is 0 Å². The van der Waals surface area contributed by atoms with Gasteiger partial charge in [0.25, 0.3) is 0 Å². The van der Waals surface area contributed by atoms with E-state index in [2.05, 4.69) is 22.4 Å². The Hall–Kier alpha value is -1.66. The molecule has 6 nitrogen and oxygen atoms in total. The van der Waals surface area contributed by atoms with Crippen LogP contribution in [-0.2, 0) is 6.54 Å². The lowest BCUT2D eigenvalue weighted by Gasteiger charge is -2.15. The van der Waals surface area contributed by atoms with E-state index < -0.39 is 0 Å². The maximum absolute atomic E-state index is 12.0. The van der Waals surface area contributed by atoms with Gasteiger partial charge in [0.05, 0.1) is 6.54 Å². The van der Waals surface area contributed by atoms with Crippen LogP contribution in [0.25, 0.3) is 5.65 Å². The topological polar surface area (TPSA) is 54.6 Å². The van der Waals surface area contributed by atoms with Crippen LogP contribution in [0.5, 0.6) is 0 Å². The first-order valence-electron chi connectivity index (χ1n) is 6.59. The van der Waals surface area contributed by atoms with Gasteiger partial charge < -0.3 is 10.2 Å². The summed E-state index contributed by atoms with van der Waals surface area (Å²) in [7, 11) is 4.02. The molecule has 6 heteroatoms. The van der Waals surface area contributed by atoms with Crippen LogP contribution in [0, 0.1) is 0 Å². The molecule has 0 unspecified atom stereocenters. The Morgan fingerprint density at radius 3 is 2.95 bits per heavy atom. The number of nitrogens with zero attached hydrogens (tertiary/aromatic N) is 4. The van der Waals surface area contributed by atoms with Crippen molar-refractivity contribution >= 4 is 5.65 Å². The van der Waals surface area contributed by atoms with Gasteiger partial charge in [-0.3, -0.25) is 4.40 Å². The summed E-state index contributed by atoms with van der Waals surface area (Å²) < 4.78 is 3.10. The molecule has 0 aromatic carbocycles. The summed E-state index contributed by atoms with van der Waals surface area (Å²) in [6, 6.07) is 5.56. The van der Waals surface area contributed by atoms with Crippen LogP contribution >= 0.6 is 0 Å². The SMILES string of the molecule is CNCCCN(C)CCn1nc2ccccn2c1=O. The lowest BCUT2D eigenvalue weighted by atomic mass is 10.4. The summed E-state index contributed by atoms with van der Waals surface area (Å²) in [4.78, 5) is 14.3. The summed E-state index contributed by atoms with van der Waals surface area (Å²) in [6.45, 7) is 3.48. The van der Waals surface area contributed by atoms with Gasteiger partial charge in [0, 0.05) is 12.7 Å². The number of hydrogen-bond donors (Lipinski definition) is 1. The summed E-state index contributed by atoms with van der Waals surface area (Å²) in [5.74, 6) is 0. The second-order valence-corrected chi connectivity index (χ2v) is 4.69. The molecule has 0 fully saturated rings. The maximum atomic E-state index is 12.0. The fraction of sp³-hybridized carbons (Fsp3) is 0.538. The molecule has 0 aliphatic heterocycles. The number of likely N-dealkylation sites (N-methyl/N-ethyl adjacent to an activating group) is 1. The Balaban J connectivity index is 1.94. The van der Waals surface area contributed by atoms with Crippen molar-refractivity contribution in [2.75, 3.05) is 33.7 Å². The van der Waals surface area contributed by atoms with Crippen LogP contribution < -0.4 is 11.0 Å². The Morgan fingerprint density at radius 1 is 1.37 bits per heavy atom. The first kappa shape index (κ1) is 13.8. The second kappa shape index (κ2) is 6.49. The van der Waals surface area contributed by atoms with E-state index in [-0.39, 0.29) is 5.69 Å². The minimum atomic E-state index is -0.0702. The van der Waals surface area contributed by atoms with Crippen molar-refractivity contribution in [1.29, 1.82) is 0 Å². The van der Waals surface area contributed by atoms with E-state index in [1.54, 1.807) is 10.6 Å². The summed E-state index contributed by atoms with van der Waals surface area (Å²) in [5, 5.41) is 7.43. The lowest BCUT2D eigenvalue weighted by Crippen LogP contribution is -2.30. The predicted octanol–water partition coefficient (Wildman–Crippen LogP) is 0.0373. The highest BCUT2D eigenvalue weighted by molar-refractivity contribution is 5.35. The molecule has 0 atom stereocenters. The number of aromatic nitrogens is 3. The molecule has 0 saturated carbocycles. The molecular weight excluding hydrogens is 242 g/mol. The molecule has 0 aliphatic rings. The molecule has 2 heterocycles. The highest BCUT2D eigenvalue weighted by atomic mass is 16.2. The quantitative estimate of drug-likeness (QED) is 0.717. The van der Waals surface area contributed by atoms with E-state index in [0.717, 1.165) is 26.1 Å². The van der Waals surface area contributed by atoms with Crippen LogP contribution in [0.2, 0.25) is 0 Å². The fourth-order valence-corrected chi connectivity index (χ4v) is 2.02. The highest BCUT2D eigenvalue weighted by Crippen LogP contribution is 1.95. The van der Waals surface area contributed by atoms with Crippen LogP contribution in [0.15, 0.2) is 29.2 Å². The van der Waals surface area contributed by atoms with E-state index >= 15 is 0 Å². The molecule has 2 rings (SSSR count). The van der Waals surface area contributed by atoms with Gasteiger partial charge in [0.15, 0.2) is 5.65 Å². The van der Waals surface area contributed by atoms with Crippen molar-refractivity contribution in [3.63, 3.8) is 0 Å². The molecule has 1 N–H and O–H groups in total. The van der Waals surface area contributed by atoms with E-state index in [1.807, 2.05) is 25.2 Å². The number of hydrogen-bond acceptors (Lipinski definition) is 4. The lowest BCUT2D eigenvalue weighted by molar-refractivity contribution is 0.306. The molecule has 0 aliphatic carbocycles. The Labute approximate surface area is 112 Å². The Morgan fingerprint density at radius 2 is 2.21 bits per heavy atom. The largest absolute Gasteiger partial charge is 0.350 e. The molecule has 0 radical (unpaired) electrons. The summed E-state index contributed by atoms with van der Waals surface area (Å²) >= 11 is 0.